The summed E-state index contributed by atoms with van der Waals surface area (Å²) >= 11 is 0. The first-order valence-electron chi connectivity index (χ1n) is 9.32. The molecule has 0 aliphatic rings. The third kappa shape index (κ3) is 6.11. The van der Waals surface area contributed by atoms with E-state index in [1.54, 1.807) is 0 Å². The SMILES string of the molecule is O=C(Cn1cc([N+](=O)[O-])ccc1=O)NCc1ccc(COCc2ccccc2)cc1. The molecule has 0 aliphatic heterocycles. The van der Waals surface area contributed by atoms with Crippen LogP contribution in [0.1, 0.15) is 16.7 Å². The smallest absolute Gasteiger partial charge is 0.285 e. The van der Waals surface area contributed by atoms with E-state index in [9.17, 15) is 19.7 Å². The molecule has 8 heteroatoms. The highest BCUT2D eigenvalue weighted by molar-refractivity contribution is 5.75. The van der Waals surface area contributed by atoms with Crippen molar-refractivity contribution in [3.05, 3.63) is 110 Å². The molecule has 0 saturated carbocycles. The van der Waals surface area contributed by atoms with E-state index in [0.717, 1.165) is 39.6 Å². The molecule has 30 heavy (non-hydrogen) atoms. The molecule has 8 nitrogen and oxygen atoms in total. The Labute approximate surface area is 172 Å². The molecule has 0 saturated heterocycles. The normalized spacial score (nSPS) is 10.5. The zero-order chi connectivity index (χ0) is 21.3. The number of ether oxygens (including phenoxy) is 1. The van der Waals surface area contributed by atoms with E-state index in [1.165, 1.54) is 0 Å². The van der Waals surface area contributed by atoms with Gasteiger partial charge in [-0.25, -0.2) is 0 Å². The van der Waals surface area contributed by atoms with Crippen LogP contribution in [0, 0.1) is 10.1 Å². The van der Waals surface area contributed by atoms with Crippen LogP contribution in [0.25, 0.3) is 0 Å². The molecule has 0 spiro atoms. The van der Waals surface area contributed by atoms with Gasteiger partial charge in [0.25, 0.3) is 11.2 Å². The summed E-state index contributed by atoms with van der Waals surface area (Å²) in [4.78, 5) is 34.1. The number of aromatic nitrogens is 1. The van der Waals surface area contributed by atoms with Gasteiger partial charge in [0.15, 0.2) is 0 Å². The maximum atomic E-state index is 12.1. The van der Waals surface area contributed by atoms with Crippen molar-refractivity contribution in [2.24, 2.45) is 0 Å². The highest BCUT2D eigenvalue weighted by atomic mass is 16.6. The number of nitro groups is 1. The fourth-order valence-electron chi connectivity index (χ4n) is 2.78. The second kappa shape index (κ2) is 10.1. The van der Waals surface area contributed by atoms with Crippen molar-refractivity contribution >= 4 is 11.6 Å². The van der Waals surface area contributed by atoms with E-state index in [-0.39, 0.29) is 18.8 Å². The lowest BCUT2D eigenvalue weighted by molar-refractivity contribution is -0.385. The van der Waals surface area contributed by atoms with Crippen LogP contribution < -0.4 is 10.9 Å². The van der Waals surface area contributed by atoms with Gasteiger partial charge in [0.05, 0.1) is 24.3 Å². The van der Waals surface area contributed by atoms with Crippen LogP contribution in [0.3, 0.4) is 0 Å². The second-order valence-corrected chi connectivity index (χ2v) is 6.68. The van der Waals surface area contributed by atoms with E-state index >= 15 is 0 Å². The lowest BCUT2D eigenvalue weighted by atomic mass is 10.1. The van der Waals surface area contributed by atoms with Crippen molar-refractivity contribution in [2.45, 2.75) is 26.3 Å². The summed E-state index contributed by atoms with van der Waals surface area (Å²) in [6, 6.07) is 19.7. The summed E-state index contributed by atoms with van der Waals surface area (Å²) in [6.45, 7) is 1.02. The average molecular weight is 407 g/mol. The molecule has 3 aromatic rings. The van der Waals surface area contributed by atoms with Crippen molar-refractivity contribution in [1.29, 1.82) is 0 Å². The molecule has 1 amide bonds. The molecule has 1 N–H and O–H groups in total. The number of nitrogens with one attached hydrogen (secondary N) is 1. The number of hydrogen-bond acceptors (Lipinski definition) is 5. The second-order valence-electron chi connectivity index (χ2n) is 6.68. The monoisotopic (exact) mass is 407 g/mol. The highest BCUT2D eigenvalue weighted by Crippen LogP contribution is 2.09. The first-order chi connectivity index (χ1) is 14.5. The molecule has 0 aliphatic carbocycles. The van der Waals surface area contributed by atoms with Gasteiger partial charge in [0.1, 0.15) is 6.54 Å². The summed E-state index contributed by atoms with van der Waals surface area (Å²) in [7, 11) is 0. The number of benzene rings is 2. The number of pyridine rings is 1. The molecule has 0 bridgehead atoms. The van der Waals surface area contributed by atoms with Gasteiger partial charge in [-0.2, -0.15) is 0 Å². The van der Waals surface area contributed by atoms with Crippen LogP contribution in [-0.2, 0) is 35.8 Å². The van der Waals surface area contributed by atoms with Crippen molar-refractivity contribution in [1.82, 2.24) is 9.88 Å². The Bertz CT molecular complexity index is 1060. The van der Waals surface area contributed by atoms with Gasteiger partial charge >= 0.3 is 0 Å². The van der Waals surface area contributed by atoms with E-state index in [0.29, 0.717) is 13.2 Å². The van der Waals surface area contributed by atoms with Gasteiger partial charge in [-0.1, -0.05) is 54.6 Å². The predicted octanol–water partition coefficient (Wildman–Crippen LogP) is 2.79. The fourth-order valence-corrected chi connectivity index (χ4v) is 2.78. The highest BCUT2D eigenvalue weighted by Gasteiger charge is 2.10. The Morgan fingerprint density at radius 1 is 0.933 bits per heavy atom. The molecule has 154 valence electrons. The van der Waals surface area contributed by atoms with Crippen molar-refractivity contribution in [2.75, 3.05) is 0 Å². The standard InChI is InChI=1S/C22H21N3O5/c26-21(14-24-13-20(25(28)29)10-11-22(24)27)23-12-17-6-8-19(9-7-17)16-30-15-18-4-2-1-3-5-18/h1-11,13H,12,14-16H2,(H,23,26). The minimum absolute atomic E-state index is 0.243. The molecule has 0 radical (unpaired) electrons. The average Bonchev–Trinajstić information content (AvgIpc) is 2.75. The topological polar surface area (TPSA) is 103 Å². The van der Waals surface area contributed by atoms with Gasteiger partial charge in [0, 0.05) is 18.7 Å². The Balaban J connectivity index is 1.46. The minimum Gasteiger partial charge on any atom is -0.372 e. The molecular weight excluding hydrogens is 386 g/mol. The molecule has 1 heterocycles. The summed E-state index contributed by atoms with van der Waals surface area (Å²) in [5.74, 6) is -0.409. The van der Waals surface area contributed by atoms with E-state index in [4.69, 9.17) is 4.74 Å². The minimum atomic E-state index is -0.612. The van der Waals surface area contributed by atoms with Gasteiger partial charge in [-0.3, -0.25) is 24.3 Å². The molecule has 0 unspecified atom stereocenters. The van der Waals surface area contributed by atoms with Crippen LogP contribution in [0.4, 0.5) is 5.69 Å². The summed E-state index contributed by atoms with van der Waals surface area (Å²) in [5.41, 5.74) is 2.30. The Morgan fingerprint density at radius 2 is 1.57 bits per heavy atom. The number of rotatable bonds is 9. The van der Waals surface area contributed by atoms with E-state index in [1.807, 2.05) is 54.6 Å². The number of carbonyl (C=O) groups is 1. The van der Waals surface area contributed by atoms with Crippen molar-refractivity contribution in [3.8, 4) is 0 Å². The van der Waals surface area contributed by atoms with Crippen LogP contribution in [0.5, 0.6) is 0 Å². The van der Waals surface area contributed by atoms with Crippen LogP contribution >= 0.6 is 0 Å². The third-order valence-electron chi connectivity index (χ3n) is 4.39. The molecule has 0 fully saturated rings. The Kier molecular flexibility index (Phi) is 7.07. The predicted molar refractivity (Wildman–Crippen MR) is 111 cm³/mol. The lowest BCUT2D eigenvalue weighted by Crippen LogP contribution is -2.31. The lowest BCUT2D eigenvalue weighted by Gasteiger charge is -2.09. The van der Waals surface area contributed by atoms with E-state index in [2.05, 4.69) is 5.32 Å². The third-order valence-corrected chi connectivity index (χ3v) is 4.39. The number of hydrogen-bond donors (Lipinski definition) is 1. The van der Waals surface area contributed by atoms with Crippen LogP contribution in [0.2, 0.25) is 0 Å². The zero-order valence-corrected chi connectivity index (χ0v) is 16.2. The maximum absolute atomic E-state index is 12.1. The summed E-state index contributed by atoms with van der Waals surface area (Å²) in [6.07, 6.45) is 1.06. The summed E-state index contributed by atoms with van der Waals surface area (Å²) < 4.78 is 6.71. The van der Waals surface area contributed by atoms with Gasteiger partial charge in [-0.15, -0.1) is 0 Å². The first kappa shape index (κ1) is 20.9. The maximum Gasteiger partial charge on any atom is 0.285 e. The van der Waals surface area contributed by atoms with Crippen molar-refractivity contribution in [3.63, 3.8) is 0 Å². The van der Waals surface area contributed by atoms with E-state index < -0.39 is 16.4 Å². The van der Waals surface area contributed by atoms with Crippen LogP contribution in [0.15, 0.2) is 77.7 Å². The van der Waals surface area contributed by atoms with Gasteiger partial charge < -0.3 is 10.1 Å². The first-order valence-corrected chi connectivity index (χ1v) is 9.32. The largest absolute Gasteiger partial charge is 0.372 e. The number of amides is 1. The zero-order valence-electron chi connectivity index (χ0n) is 16.2. The van der Waals surface area contributed by atoms with Gasteiger partial charge in [-0.05, 0) is 16.7 Å². The molecule has 2 aromatic carbocycles. The van der Waals surface area contributed by atoms with Crippen LogP contribution in [-0.4, -0.2) is 15.4 Å². The quantitative estimate of drug-likeness (QED) is 0.434. The van der Waals surface area contributed by atoms with Gasteiger partial charge in [0.2, 0.25) is 5.91 Å². The fraction of sp³-hybridized carbons (Fsp3) is 0.182. The molecule has 0 atom stereocenters. The molecule has 3 rings (SSSR count). The molecule has 1 aromatic heterocycles. The Hall–Kier alpha value is -3.78. The Morgan fingerprint density at radius 3 is 2.23 bits per heavy atom. The summed E-state index contributed by atoms with van der Waals surface area (Å²) in [5, 5.41) is 13.5. The number of carbonyl (C=O) groups excluding carboxylic acids is 1. The molecular formula is C22H21N3O5. The van der Waals surface area contributed by atoms with Crippen molar-refractivity contribution < 1.29 is 14.5 Å². The number of nitrogens with zero attached hydrogens (tertiary/aromatic N) is 2.